The second kappa shape index (κ2) is 7.32. The molecule has 6 heteroatoms. The summed E-state index contributed by atoms with van der Waals surface area (Å²) in [5.41, 5.74) is 1.77. The normalized spacial score (nSPS) is 10.8. The molecule has 0 bridgehead atoms. The molecule has 3 aromatic rings. The van der Waals surface area contributed by atoms with Crippen LogP contribution in [0.1, 0.15) is 17.2 Å². The van der Waals surface area contributed by atoms with Crippen molar-refractivity contribution in [2.45, 2.75) is 12.6 Å². The van der Waals surface area contributed by atoms with Crippen molar-refractivity contribution < 1.29 is 19.7 Å². The largest absolute Gasteiger partial charge is 0.494 e. The third-order valence-electron chi connectivity index (χ3n) is 3.74. The van der Waals surface area contributed by atoms with E-state index in [0.29, 0.717) is 0 Å². The van der Waals surface area contributed by atoms with Crippen LogP contribution in [0.15, 0.2) is 66.7 Å². The van der Waals surface area contributed by atoms with E-state index in [9.17, 15) is 15.0 Å². The fourth-order valence-corrected chi connectivity index (χ4v) is 2.70. The number of carbonyl (C=O) groups is 1. The second-order valence-corrected chi connectivity index (χ2v) is 5.87. The van der Waals surface area contributed by atoms with Crippen LogP contribution in [0.25, 0.3) is 0 Å². The molecule has 1 aromatic heterocycles. The number of hydrogen-bond acceptors (Lipinski definition) is 4. The average Bonchev–Trinajstić information content (AvgIpc) is 2.88. The Morgan fingerprint density at radius 1 is 1.00 bits per heavy atom. The van der Waals surface area contributed by atoms with E-state index in [1.807, 2.05) is 60.7 Å². The molecule has 25 heavy (non-hydrogen) atoms. The number of rotatable bonds is 6. The summed E-state index contributed by atoms with van der Waals surface area (Å²) in [4.78, 5) is 11.1. The van der Waals surface area contributed by atoms with Crippen LogP contribution in [0.5, 0.6) is 17.5 Å². The number of ether oxygens (including phenoxy) is 1. The molecular weight excluding hydrogens is 342 g/mol. The van der Waals surface area contributed by atoms with Crippen molar-refractivity contribution in [3.05, 3.63) is 77.9 Å². The first kappa shape index (κ1) is 16.9. The van der Waals surface area contributed by atoms with Gasteiger partial charge in [-0.15, -0.1) is 0 Å². The molecule has 0 fully saturated rings. The number of halogens is 1. The smallest absolute Gasteiger partial charge is 0.241 e. The van der Waals surface area contributed by atoms with Gasteiger partial charge in [0, 0.05) is 6.07 Å². The molecule has 0 saturated carbocycles. The monoisotopic (exact) mass is 357 g/mol. The van der Waals surface area contributed by atoms with Crippen LogP contribution < -0.4 is 4.74 Å². The highest BCUT2D eigenvalue weighted by Crippen LogP contribution is 2.38. The number of aromatic nitrogens is 1. The first-order valence-corrected chi connectivity index (χ1v) is 8.00. The highest BCUT2D eigenvalue weighted by Gasteiger charge is 2.22. The minimum Gasteiger partial charge on any atom is -0.494 e. The molecule has 128 valence electrons. The van der Waals surface area contributed by atoms with Gasteiger partial charge in [-0.05, 0) is 22.7 Å². The van der Waals surface area contributed by atoms with Gasteiger partial charge in [0.15, 0.2) is 11.6 Å². The molecule has 0 aliphatic rings. The van der Waals surface area contributed by atoms with E-state index >= 15 is 0 Å². The van der Waals surface area contributed by atoms with E-state index in [4.69, 9.17) is 16.3 Å². The molecule has 0 unspecified atom stereocenters. The summed E-state index contributed by atoms with van der Waals surface area (Å²) in [6, 6.07) is 20.3. The van der Waals surface area contributed by atoms with E-state index in [0.717, 1.165) is 15.7 Å². The lowest BCUT2D eigenvalue weighted by Gasteiger charge is -2.19. The van der Waals surface area contributed by atoms with Crippen LogP contribution in [0.3, 0.4) is 0 Å². The van der Waals surface area contributed by atoms with Crippen LogP contribution in [0.2, 0.25) is 0 Å². The van der Waals surface area contributed by atoms with E-state index in [2.05, 4.69) is 0 Å². The predicted molar refractivity (Wildman–Crippen MR) is 94.0 cm³/mol. The van der Waals surface area contributed by atoms with Crippen molar-refractivity contribution in [2.75, 3.05) is 0 Å². The number of aromatic hydroxyl groups is 2. The van der Waals surface area contributed by atoms with Gasteiger partial charge >= 0.3 is 0 Å². The predicted octanol–water partition coefficient (Wildman–Crippen LogP) is 3.83. The molecule has 0 atom stereocenters. The molecule has 5 nitrogen and oxygen atoms in total. The summed E-state index contributed by atoms with van der Waals surface area (Å²) in [5.74, 6) is -0.599. The topological polar surface area (TPSA) is 71.7 Å². The first-order valence-electron chi connectivity index (χ1n) is 7.62. The fourth-order valence-electron chi connectivity index (χ4n) is 2.58. The zero-order valence-electron chi connectivity index (χ0n) is 13.2. The second-order valence-electron chi connectivity index (χ2n) is 5.45. The first-order chi connectivity index (χ1) is 12.1. The Hall–Kier alpha value is -2.92. The highest BCUT2D eigenvalue weighted by molar-refractivity contribution is 6.63. The van der Waals surface area contributed by atoms with Gasteiger partial charge in [-0.3, -0.25) is 9.36 Å². The van der Waals surface area contributed by atoms with Crippen LogP contribution in [-0.2, 0) is 11.3 Å². The van der Waals surface area contributed by atoms with Gasteiger partial charge in [0.2, 0.25) is 11.1 Å². The highest BCUT2D eigenvalue weighted by atomic mass is 35.5. The van der Waals surface area contributed by atoms with E-state index in [-0.39, 0.29) is 24.1 Å². The molecule has 2 aromatic carbocycles. The lowest BCUT2D eigenvalue weighted by Crippen LogP contribution is -2.09. The molecule has 0 spiro atoms. The summed E-state index contributed by atoms with van der Waals surface area (Å²) >= 11 is 5.34. The maximum atomic E-state index is 11.1. The van der Waals surface area contributed by atoms with Crippen molar-refractivity contribution in [3.63, 3.8) is 0 Å². The molecule has 0 aliphatic carbocycles. The Balaban J connectivity index is 1.98. The lowest BCUT2D eigenvalue weighted by molar-refractivity contribution is -0.112. The third kappa shape index (κ3) is 3.78. The summed E-state index contributed by atoms with van der Waals surface area (Å²) in [5, 5.41) is 19.5. The van der Waals surface area contributed by atoms with Crippen molar-refractivity contribution in [1.82, 2.24) is 4.57 Å². The Morgan fingerprint density at radius 3 is 2.00 bits per heavy atom. The van der Waals surface area contributed by atoms with Gasteiger partial charge in [0.25, 0.3) is 0 Å². The van der Waals surface area contributed by atoms with Gasteiger partial charge < -0.3 is 14.9 Å². The Bertz CT molecular complexity index is 822. The molecule has 3 rings (SSSR count). The third-order valence-corrected chi connectivity index (χ3v) is 3.86. The minimum atomic E-state index is -0.713. The lowest BCUT2D eigenvalue weighted by atomic mass is 10.0. The fraction of sp³-hybridized carbons (Fsp3) is 0.105. The Kier molecular flexibility index (Phi) is 4.95. The van der Waals surface area contributed by atoms with E-state index < -0.39 is 11.3 Å². The molecule has 1 heterocycles. The summed E-state index contributed by atoms with van der Waals surface area (Å²) in [6.45, 7) is -0.357. The number of carbonyl (C=O) groups excluding carboxylic acids is 1. The van der Waals surface area contributed by atoms with Crippen molar-refractivity contribution >= 4 is 16.8 Å². The van der Waals surface area contributed by atoms with Crippen molar-refractivity contribution in [3.8, 4) is 17.5 Å². The standard InChI is InChI=1S/C19H16ClNO4/c20-16(22)12-21-17(23)11-15(19(21)24)25-18(13-7-3-1-4-8-13)14-9-5-2-6-10-14/h1-11,18,23-24H,12H2. The molecular formula is C19H16ClNO4. The van der Waals surface area contributed by atoms with Crippen LogP contribution in [0, 0.1) is 0 Å². The quantitative estimate of drug-likeness (QED) is 0.658. The zero-order valence-corrected chi connectivity index (χ0v) is 13.9. The zero-order chi connectivity index (χ0) is 17.8. The molecule has 0 saturated heterocycles. The van der Waals surface area contributed by atoms with Gasteiger partial charge in [-0.25, -0.2) is 0 Å². The Morgan fingerprint density at radius 2 is 1.52 bits per heavy atom. The van der Waals surface area contributed by atoms with Gasteiger partial charge in [-0.1, -0.05) is 60.7 Å². The number of benzene rings is 2. The molecule has 0 aliphatic heterocycles. The molecule has 0 radical (unpaired) electrons. The summed E-state index contributed by atoms with van der Waals surface area (Å²) in [6.07, 6.45) is -0.491. The molecule has 2 N–H and O–H groups in total. The SMILES string of the molecule is O=C(Cl)Cn1c(O)cc(OC(c2ccccc2)c2ccccc2)c1O. The number of hydrogen-bond donors (Lipinski definition) is 2. The van der Waals surface area contributed by atoms with E-state index in [1.165, 1.54) is 6.07 Å². The van der Waals surface area contributed by atoms with Gasteiger partial charge in [0.1, 0.15) is 12.6 Å². The van der Waals surface area contributed by atoms with Crippen molar-refractivity contribution in [1.29, 1.82) is 0 Å². The summed E-state index contributed by atoms with van der Waals surface area (Å²) < 4.78 is 6.96. The van der Waals surface area contributed by atoms with Gasteiger partial charge in [-0.2, -0.15) is 0 Å². The van der Waals surface area contributed by atoms with Crippen molar-refractivity contribution in [2.24, 2.45) is 0 Å². The molecule has 0 amide bonds. The Labute approximate surface area is 149 Å². The average molecular weight is 358 g/mol. The maximum absolute atomic E-state index is 11.1. The minimum absolute atomic E-state index is 0.0631. The van der Waals surface area contributed by atoms with E-state index in [1.54, 1.807) is 0 Å². The summed E-state index contributed by atoms with van der Waals surface area (Å²) in [7, 11) is 0. The van der Waals surface area contributed by atoms with Crippen LogP contribution >= 0.6 is 11.6 Å². The van der Waals surface area contributed by atoms with Gasteiger partial charge in [0.05, 0.1) is 0 Å². The number of nitrogens with zero attached hydrogens (tertiary/aromatic N) is 1. The van der Waals surface area contributed by atoms with Crippen LogP contribution in [0.4, 0.5) is 0 Å². The van der Waals surface area contributed by atoms with Crippen LogP contribution in [-0.4, -0.2) is 20.0 Å². The maximum Gasteiger partial charge on any atom is 0.241 e.